The fraction of sp³-hybridized carbons (Fsp3) is 0.130. The lowest BCUT2D eigenvalue weighted by molar-refractivity contribution is -0.0325. The molecule has 0 spiro atoms. The maximum absolute atomic E-state index is 6.49. The van der Waals surface area contributed by atoms with Crippen LogP contribution in [-0.2, 0) is 0 Å². The number of nitrogens with one attached hydrogen (secondary N) is 1. The minimum atomic E-state index is -0.308. The van der Waals surface area contributed by atoms with Crippen molar-refractivity contribution in [2.45, 2.75) is 19.2 Å². The first-order valence-electron chi connectivity index (χ1n) is 9.04. The highest BCUT2D eigenvalue weighted by molar-refractivity contribution is 6.31. The summed E-state index contributed by atoms with van der Waals surface area (Å²) in [5.41, 5.74) is 9.14. The van der Waals surface area contributed by atoms with Crippen LogP contribution in [0.3, 0.4) is 0 Å². The Hall–Kier alpha value is -2.75. The molecule has 3 nitrogen and oxygen atoms in total. The monoisotopic (exact) mass is 374 g/mol. The van der Waals surface area contributed by atoms with Gasteiger partial charge in [-0.1, -0.05) is 77.8 Å². The van der Waals surface area contributed by atoms with Crippen molar-refractivity contribution in [3.05, 3.63) is 106 Å². The predicted octanol–water partition coefficient (Wildman–Crippen LogP) is 5.64. The van der Waals surface area contributed by atoms with Crippen LogP contribution in [0, 0.1) is 6.92 Å². The van der Waals surface area contributed by atoms with Crippen LogP contribution in [0.15, 0.2) is 78.9 Å². The van der Waals surface area contributed by atoms with Crippen molar-refractivity contribution >= 4 is 17.3 Å². The van der Waals surface area contributed by atoms with Crippen LogP contribution in [0.5, 0.6) is 5.75 Å². The predicted molar refractivity (Wildman–Crippen MR) is 108 cm³/mol. The molecule has 0 fully saturated rings. The van der Waals surface area contributed by atoms with Gasteiger partial charge in [-0.25, -0.2) is 0 Å². The average molecular weight is 375 g/mol. The molecule has 27 heavy (non-hydrogen) atoms. The quantitative estimate of drug-likeness (QED) is 0.628. The molecule has 0 radical (unpaired) electrons. The van der Waals surface area contributed by atoms with Gasteiger partial charge in [0, 0.05) is 16.1 Å². The van der Waals surface area contributed by atoms with E-state index in [9.17, 15) is 0 Å². The highest BCUT2D eigenvalue weighted by Crippen LogP contribution is 2.46. The molecule has 2 aliphatic rings. The number of hydrogen-bond acceptors (Lipinski definition) is 3. The summed E-state index contributed by atoms with van der Waals surface area (Å²) in [6.07, 6.45) is 1.95. The van der Waals surface area contributed by atoms with Crippen LogP contribution in [-0.4, -0.2) is 5.01 Å². The van der Waals surface area contributed by atoms with Gasteiger partial charge in [-0.05, 0) is 30.7 Å². The van der Waals surface area contributed by atoms with Crippen LogP contribution in [0.25, 0.3) is 5.70 Å². The first kappa shape index (κ1) is 16.4. The van der Waals surface area contributed by atoms with Crippen LogP contribution in [0.4, 0.5) is 0 Å². The van der Waals surface area contributed by atoms with Crippen molar-refractivity contribution in [1.82, 2.24) is 10.4 Å². The number of benzene rings is 3. The topological polar surface area (TPSA) is 24.5 Å². The van der Waals surface area contributed by atoms with Gasteiger partial charge in [0.05, 0.1) is 11.7 Å². The van der Waals surface area contributed by atoms with E-state index in [4.69, 9.17) is 16.3 Å². The number of nitrogens with zero attached hydrogens (tertiary/aromatic N) is 1. The second-order valence-corrected chi connectivity index (χ2v) is 7.35. The number of halogens is 1. The molecule has 2 atom stereocenters. The second-order valence-electron chi connectivity index (χ2n) is 6.94. The summed E-state index contributed by atoms with van der Waals surface area (Å²) in [5.74, 6) is 0.895. The maximum atomic E-state index is 6.49. The van der Waals surface area contributed by atoms with E-state index in [1.165, 1.54) is 5.56 Å². The van der Waals surface area contributed by atoms with E-state index in [-0.39, 0.29) is 12.3 Å². The molecular weight excluding hydrogens is 356 g/mol. The highest BCUT2D eigenvalue weighted by Gasteiger charge is 2.40. The van der Waals surface area contributed by atoms with Crippen molar-refractivity contribution in [2.75, 3.05) is 0 Å². The molecule has 2 aliphatic heterocycles. The molecule has 0 saturated carbocycles. The third-order valence-corrected chi connectivity index (χ3v) is 5.48. The summed E-state index contributed by atoms with van der Waals surface area (Å²) in [6, 6.07) is 24.7. The van der Waals surface area contributed by atoms with Crippen LogP contribution in [0.2, 0.25) is 5.02 Å². The fourth-order valence-corrected chi connectivity index (χ4v) is 3.95. The van der Waals surface area contributed by atoms with E-state index in [1.807, 2.05) is 42.5 Å². The Bertz CT molecular complexity index is 1030. The minimum absolute atomic E-state index is 0.0764. The number of fused-ring (bicyclic) bond motifs is 3. The van der Waals surface area contributed by atoms with Gasteiger partial charge in [0.2, 0.25) is 0 Å². The third-order valence-electron chi connectivity index (χ3n) is 5.14. The van der Waals surface area contributed by atoms with Gasteiger partial charge in [-0.15, -0.1) is 0 Å². The smallest absolute Gasteiger partial charge is 0.197 e. The Morgan fingerprint density at radius 2 is 1.59 bits per heavy atom. The lowest BCUT2D eigenvalue weighted by Crippen LogP contribution is -2.43. The maximum Gasteiger partial charge on any atom is 0.197 e. The summed E-state index contributed by atoms with van der Waals surface area (Å²) >= 11 is 6.49. The first-order chi connectivity index (χ1) is 13.2. The van der Waals surface area contributed by atoms with Crippen LogP contribution >= 0.6 is 11.6 Å². The van der Waals surface area contributed by atoms with E-state index in [0.29, 0.717) is 5.02 Å². The largest absolute Gasteiger partial charge is 0.469 e. The van der Waals surface area contributed by atoms with Crippen molar-refractivity contribution in [3.8, 4) is 5.75 Å². The van der Waals surface area contributed by atoms with Gasteiger partial charge in [-0.2, -0.15) is 5.01 Å². The van der Waals surface area contributed by atoms with Crippen LogP contribution < -0.4 is 10.2 Å². The standard InChI is InChI=1S/C23H19ClN2O/c1-15-10-12-16(13-11-15)20-14-21-18-7-3-5-9-22(18)27-23(26(21)25-20)17-6-2-4-8-19(17)24/h2-14,21,23,25H,1H3/t21-,23-/m1/s1. The number of ether oxygens (including phenoxy) is 1. The summed E-state index contributed by atoms with van der Waals surface area (Å²) in [4.78, 5) is 0. The Morgan fingerprint density at radius 1 is 0.889 bits per heavy atom. The molecular formula is C23H19ClN2O. The number of rotatable bonds is 2. The molecule has 4 heteroatoms. The zero-order valence-electron chi connectivity index (χ0n) is 14.9. The van der Waals surface area contributed by atoms with Gasteiger partial charge in [0.15, 0.2) is 6.23 Å². The molecule has 2 heterocycles. The molecule has 0 amide bonds. The molecule has 0 bridgehead atoms. The van der Waals surface area contributed by atoms with Crippen LogP contribution in [0.1, 0.15) is 34.5 Å². The van der Waals surface area contributed by atoms with Crippen molar-refractivity contribution in [3.63, 3.8) is 0 Å². The molecule has 0 unspecified atom stereocenters. The summed E-state index contributed by atoms with van der Waals surface area (Å²) in [5, 5.41) is 2.84. The van der Waals surface area contributed by atoms with Crippen molar-refractivity contribution < 1.29 is 4.74 Å². The molecule has 134 valence electrons. The Balaban J connectivity index is 1.60. The number of hydrazine groups is 1. The normalized spacial score (nSPS) is 20.9. The zero-order chi connectivity index (χ0) is 18.4. The SMILES string of the molecule is Cc1ccc(C2=C[C@@H]3c4ccccc4O[C@H](c4ccccc4Cl)N3N2)cc1. The van der Waals surface area contributed by atoms with Crippen molar-refractivity contribution in [1.29, 1.82) is 0 Å². The van der Waals surface area contributed by atoms with Gasteiger partial charge in [-0.3, -0.25) is 0 Å². The van der Waals surface area contributed by atoms with E-state index in [2.05, 4.69) is 53.8 Å². The zero-order valence-corrected chi connectivity index (χ0v) is 15.6. The Kier molecular flexibility index (Phi) is 3.92. The summed E-state index contributed by atoms with van der Waals surface area (Å²) < 4.78 is 6.36. The first-order valence-corrected chi connectivity index (χ1v) is 9.42. The Morgan fingerprint density at radius 3 is 2.37 bits per heavy atom. The molecule has 0 aliphatic carbocycles. The van der Waals surface area contributed by atoms with E-state index >= 15 is 0 Å². The molecule has 1 N–H and O–H groups in total. The second kappa shape index (κ2) is 6.45. The van der Waals surface area contributed by atoms with Crippen molar-refractivity contribution in [2.24, 2.45) is 0 Å². The molecule has 0 aromatic heterocycles. The lowest BCUT2D eigenvalue weighted by Gasteiger charge is -2.39. The van der Waals surface area contributed by atoms with E-state index in [1.54, 1.807) is 0 Å². The van der Waals surface area contributed by atoms with Gasteiger partial charge in [0.1, 0.15) is 5.75 Å². The van der Waals surface area contributed by atoms with E-state index in [0.717, 1.165) is 28.1 Å². The average Bonchev–Trinajstić information content (AvgIpc) is 3.14. The fourth-order valence-electron chi connectivity index (χ4n) is 3.72. The number of hydrogen-bond donors (Lipinski definition) is 1. The summed E-state index contributed by atoms with van der Waals surface area (Å²) in [6.45, 7) is 2.10. The Labute approximate surface area is 163 Å². The summed E-state index contributed by atoms with van der Waals surface area (Å²) in [7, 11) is 0. The molecule has 5 rings (SSSR count). The third kappa shape index (κ3) is 2.80. The van der Waals surface area contributed by atoms with Gasteiger partial charge >= 0.3 is 0 Å². The van der Waals surface area contributed by atoms with Gasteiger partial charge in [0.25, 0.3) is 0 Å². The van der Waals surface area contributed by atoms with Gasteiger partial charge < -0.3 is 10.2 Å². The lowest BCUT2D eigenvalue weighted by atomic mass is 10.0. The highest BCUT2D eigenvalue weighted by atomic mass is 35.5. The molecule has 3 aromatic rings. The molecule has 0 saturated heterocycles. The van der Waals surface area contributed by atoms with E-state index < -0.39 is 0 Å². The number of para-hydroxylation sites is 1. The molecule has 3 aromatic carbocycles. The minimum Gasteiger partial charge on any atom is -0.469 e. The number of aryl methyl sites for hydroxylation is 1.